The lowest BCUT2D eigenvalue weighted by Crippen LogP contribution is -2.32. The van der Waals surface area contributed by atoms with E-state index < -0.39 is 59.4 Å². The summed E-state index contributed by atoms with van der Waals surface area (Å²) in [5.41, 5.74) is 0.181. The predicted molar refractivity (Wildman–Crippen MR) is 142 cm³/mol. The Morgan fingerprint density at radius 3 is 1.49 bits per heavy atom. The van der Waals surface area contributed by atoms with Crippen LogP contribution in [0.5, 0.6) is 0 Å². The summed E-state index contributed by atoms with van der Waals surface area (Å²) in [6, 6.07) is 14.2. The van der Waals surface area contributed by atoms with Gasteiger partial charge in [0.2, 0.25) is 0 Å². The maximum Gasteiger partial charge on any atom is 0.416 e. The largest absolute Gasteiger partial charge is 0.416 e. The van der Waals surface area contributed by atoms with Crippen LogP contribution in [0.1, 0.15) is 27.8 Å². The molecule has 0 radical (unpaired) electrons. The summed E-state index contributed by atoms with van der Waals surface area (Å²) in [5.74, 6) is -1.41. The third-order valence-corrected chi connectivity index (χ3v) is 6.62. The van der Waals surface area contributed by atoms with Crippen LogP contribution in [0.15, 0.2) is 78.9 Å². The van der Waals surface area contributed by atoms with Gasteiger partial charge in [0.15, 0.2) is 0 Å². The van der Waals surface area contributed by atoms with Gasteiger partial charge in [-0.15, -0.1) is 10.1 Å². The number of halogens is 6. The average Bonchev–Trinajstić information content (AvgIpc) is 3.39. The third kappa shape index (κ3) is 8.36. The van der Waals surface area contributed by atoms with E-state index in [-0.39, 0.29) is 24.5 Å². The molecule has 238 valence electrons. The lowest BCUT2D eigenvalue weighted by molar-refractivity contribution is -0.167. The van der Waals surface area contributed by atoms with Gasteiger partial charge in [0.25, 0.3) is 11.8 Å². The van der Waals surface area contributed by atoms with Crippen molar-refractivity contribution in [3.05, 3.63) is 107 Å². The Labute approximate surface area is 251 Å². The zero-order chi connectivity index (χ0) is 32.9. The van der Waals surface area contributed by atoms with Crippen LogP contribution >= 0.6 is 0 Å². The Morgan fingerprint density at radius 2 is 1.07 bits per heavy atom. The van der Waals surface area contributed by atoms with E-state index in [1.54, 1.807) is 24.3 Å². The van der Waals surface area contributed by atoms with E-state index in [1.807, 2.05) is 6.07 Å². The molecule has 0 saturated carbocycles. The van der Waals surface area contributed by atoms with Crippen LogP contribution in [0.2, 0.25) is 0 Å². The molecular weight excluding hydrogens is 614 g/mol. The molecule has 10 nitrogen and oxygen atoms in total. The number of hydroxylamine groups is 4. The molecule has 3 aromatic rings. The van der Waals surface area contributed by atoms with Crippen molar-refractivity contribution < 1.29 is 55.6 Å². The molecule has 0 bridgehead atoms. The molecule has 2 fully saturated rings. The first-order valence-electron chi connectivity index (χ1n) is 13.1. The Bertz CT molecular complexity index is 1530. The number of imide groups is 2. The van der Waals surface area contributed by atoms with Crippen molar-refractivity contribution in [2.75, 3.05) is 0 Å². The number of rotatable bonds is 7. The normalized spacial score (nSPS) is 18.5. The lowest BCUT2D eigenvalue weighted by Gasteiger charge is -2.13. The molecule has 6 amide bonds. The van der Waals surface area contributed by atoms with Crippen molar-refractivity contribution in [3.8, 4) is 0 Å². The van der Waals surface area contributed by atoms with E-state index in [2.05, 4.69) is 10.6 Å². The van der Waals surface area contributed by atoms with E-state index >= 15 is 0 Å². The van der Waals surface area contributed by atoms with Gasteiger partial charge in [-0.25, -0.2) is 9.59 Å². The number of benzene rings is 3. The van der Waals surface area contributed by atoms with Crippen LogP contribution in [0, 0.1) is 0 Å². The minimum atomic E-state index is -4.42. The predicted octanol–water partition coefficient (Wildman–Crippen LogP) is 4.86. The number of nitrogens with zero attached hydrogens (tertiary/aromatic N) is 2. The monoisotopic (exact) mass is 638 g/mol. The molecule has 2 aliphatic rings. The Balaban J connectivity index is 0.000000215. The number of urea groups is 2. The van der Waals surface area contributed by atoms with Crippen LogP contribution in [0.4, 0.5) is 35.9 Å². The van der Waals surface area contributed by atoms with Gasteiger partial charge in [-0.05, 0) is 41.0 Å². The average molecular weight is 639 g/mol. The fourth-order valence-corrected chi connectivity index (χ4v) is 4.27. The SMILES string of the molecule is O=C1N[C@@H](Cc2ccc(C(F)(F)F)cc2)C(=O)N1O.O=C1N[C@@H](Cc2ccc(C(F)(F)F)cc2)C(=O)N1OCc1ccccc1. The Kier molecular flexibility index (Phi) is 9.78. The number of alkyl halides is 6. The maximum atomic E-state index is 12.6. The zero-order valence-electron chi connectivity index (χ0n) is 22.9. The van der Waals surface area contributed by atoms with Gasteiger partial charge >= 0.3 is 24.4 Å². The quantitative estimate of drug-likeness (QED) is 0.193. The Hall–Kier alpha value is -4.96. The molecule has 0 unspecified atom stereocenters. The summed E-state index contributed by atoms with van der Waals surface area (Å²) in [5, 5.41) is 14.3. The molecule has 45 heavy (non-hydrogen) atoms. The smallest absolute Gasteiger partial charge is 0.324 e. The summed E-state index contributed by atoms with van der Waals surface area (Å²) in [7, 11) is 0. The number of carbonyl (C=O) groups is 4. The second-order valence-corrected chi connectivity index (χ2v) is 9.84. The highest BCUT2D eigenvalue weighted by molar-refractivity contribution is 6.03. The van der Waals surface area contributed by atoms with E-state index in [4.69, 9.17) is 10.0 Å². The molecule has 2 saturated heterocycles. The van der Waals surface area contributed by atoms with Crippen molar-refractivity contribution in [1.29, 1.82) is 0 Å². The first-order chi connectivity index (χ1) is 21.1. The van der Waals surface area contributed by atoms with Gasteiger partial charge in [0.1, 0.15) is 18.7 Å². The van der Waals surface area contributed by atoms with Crippen LogP contribution in [-0.2, 0) is 46.2 Å². The zero-order valence-corrected chi connectivity index (χ0v) is 22.9. The van der Waals surface area contributed by atoms with Gasteiger partial charge in [-0.3, -0.25) is 19.6 Å². The van der Waals surface area contributed by atoms with E-state index in [1.165, 1.54) is 24.3 Å². The fourth-order valence-electron chi connectivity index (χ4n) is 4.27. The minimum absolute atomic E-state index is 0.0137. The summed E-state index contributed by atoms with van der Waals surface area (Å²) in [6.45, 7) is 0.0486. The molecule has 3 N–H and O–H groups in total. The number of amides is 6. The van der Waals surface area contributed by atoms with Crippen LogP contribution in [0.25, 0.3) is 0 Å². The van der Waals surface area contributed by atoms with Gasteiger partial charge in [0, 0.05) is 12.8 Å². The molecular formula is C29H24F6N4O6. The van der Waals surface area contributed by atoms with E-state index in [0.29, 0.717) is 16.2 Å². The van der Waals surface area contributed by atoms with Crippen LogP contribution < -0.4 is 10.6 Å². The number of carbonyl (C=O) groups excluding carboxylic acids is 4. The highest BCUT2D eigenvalue weighted by Gasteiger charge is 2.40. The van der Waals surface area contributed by atoms with E-state index in [0.717, 1.165) is 29.8 Å². The van der Waals surface area contributed by atoms with Gasteiger partial charge in [-0.1, -0.05) is 54.6 Å². The van der Waals surface area contributed by atoms with Crippen molar-refractivity contribution in [3.63, 3.8) is 0 Å². The molecule has 2 heterocycles. The molecule has 0 aromatic heterocycles. The van der Waals surface area contributed by atoms with Crippen LogP contribution in [0.3, 0.4) is 0 Å². The standard InChI is InChI=1S/C18H15F3N2O3.C11H9F3N2O3/c19-18(20,21)14-8-6-12(7-9-14)10-15-16(24)23(17(25)22-15)26-11-13-4-2-1-3-5-13;12-11(13,14)7-3-1-6(2-4-7)5-8-9(17)16(19)10(18)15-8/h1-9,15H,10-11H2,(H,22,25);1-4,8,19H,5H2,(H,15,18)/t15-;8-/m00/s1. The molecule has 2 aliphatic heterocycles. The van der Waals surface area contributed by atoms with Crippen molar-refractivity contribution in [2.24, 2.45) is 0 Å². The molecule has 2 atom stereocenters. The first-order valence-corrected chi connectivity index (χ1v) is 13.1. The highest BCUT2D eigenvalue weighted by atomic mass is 19.4. The summed E-state index contributed by atoms with van der Waals surface area (Å²) >= 11 is 0. The molecule has 0 spiro atoms. The molecule has 16 heteroatoms. The summed E-state index contributed by atoms with van der Waals surface area (Å²) < 4.78 is 74.8. The maximum absolute atomic E-state index is 12.6. The van der Waals surface area contributed by atoms with Gasteiger partial charge in [-0.2, -0.15) is 26.3 Å². The minimum Gasteiger partial charge on any atom is -0.324 e. The molecule has 3 aromatic carbocycles. The van der Waals surface area contributed by atoms with E-state index in [9.17, 15) is 45.5 Å². The lowest BCUT2D eigenvalue weighted by atomic mass is 10.0. The second kappa shape index (κ2) is 13.4. The number of hydrogen-bond donors (Lipinski definition) is 3. The van der Waals surface area contributed by atoms with Crippen molar-refractivity contribution in [1.82, 2.24) is 20.8 Å². The first kappa shape index (κ1) is 32.9. The molecule has 0 aliphatic carbocycles. The molecule has 5 rings (SSSR count). The van der Waals surface area contributed by atoms with Gasteiger partial charge in [0.05, 0.1) is 11.1 Å². The van der Waals surface area contributed by atoms with Gasteiger partial charge < -0.3 is 10.6 Å². The highest BCUT2D eigenvalue weighted by Crippen LogP contribution is 2.30. The third-order valence-electron chi connectivity index (χ3n) is 6.62. The number of hydrogen-bond acceptors (Lipinski definition) is 6. The van der Waals surface area contributed by atoms with Crippen molar-refractivity contribution >= 4 is 23.9 Å². The number of nitrogens with one attached hydrogen (secondary N) is 2. The van der Waals surface area contributed by atoms with Crippen molar-refractivity contribution in [2.45, 2.75) is 43.9 Å². The second-order valence-electron chi connectivity index (χ2n) is 9.84. The summed E-state index contributed by atoms with van der Waals surface area (Å²) in [4.78, 5) is 51.8. The fraction of sp³-hybridized carbons (Fsp3) is 0.241. The van der Waals surface area contributed by atoms with Crippen LogP contribution in [-0.4, -0.2) is 51.3 Å². The topological polar surface area (TPSA) is 128 Å². The summed E-state index contributed by atoms with van der Waals surface area (Å²) in [6.07, 6.45) is -8.75. The Morgan fingerprint density at radius 1 is 0.622 bits per heavy atom.